The van der Waals surface area contributed by atoms with Crippen LogP contribution in [0.5, 0.6) is 0 Å². The van der Waals surface area contributed by atoms with Gasteiger partial charge in [0.1, 0.15) is 0 Å². The predicted octanol–water partition coefficient (Wildman–Crippen LogP) is 2.48. The first-order valence-corrected chi connectivity index (χ1v) is 4.71. The Morgan fingerprint density at radius 1 is 1.50 bits per heavy atom. The van der Waals surface area contributed by atoms with E-state index in [2.05, 4.69) is 22.4 Å². The van der Waals surface area contributed by atoms with Gasteiger partial charge in [0, 0.05) is 0 Å². The number of rotatable bonds is 2. The van der Waals surface area contributed by atoms with Gasteiger partial charge in [0.25, 0.3) is 5.91 Å². The molecule has 0 unspecified atom stereocenters. The first-order valence-electron chi connectivity index (χ1n) is 4.30. The number of isothiocyanates is 1. The first kappa shape index (κ1) is 10.8. The number of hydrogen-bond acceptors (Lipinski definition) is 2. The van der Waals surface area contributed by atoms with Crippen molar-refractivity contribution in [2.24, 2.45) is 4.99 Å². The summed E-state index contributed by atoms with van der Waals surface area (Å²) in [4.78, 5) is 14.6. The molecule has 1 amide bonds. The van der Waals surface area contributed by atoms with Crippen molar-refractivity contribution < 1.29 is 4.79 Å². The molecule has 0 aromatic heterocycles. The highest BCUT2D eigenvalue weighted by Gasteiger charge is 2.04. The van der Waals surface area contributed by atoms with E-state index in [0.29, 0.717) is 6.42 Å². The second kappa shape index (κ2) is 4.80. The molecule has 0 aliphatic rings. The molecule has 2 nitrogen and oxygen atoms in total. The molecule has 1 aromatic carbocycles. The lowest BCUT2D eigenvalue weighted by Crippen LogP contribution is -2.00. The van der Waals surface area contributed by atoms with Crippen molar-refractivity contribution in [1.82, 2.24) is 0 Å². The van der Waals surface area contributed by atoms with E-state index in [1.54, 1.807) is 0 Å². The van der Waals surface area contributed by atoms with Gasteiger partial charge in [-0.1, -0.05) is 23.8 Å². The summed E-state index contributed by atoms with van der Waals surface area (Å²) in [7, 11) is 0. The van der Waals surface area contributed by atoms with Gasteiger partial charge in [0.2, 0.25) is 0 Å². The topological polar surface area (TPSA) is 29.4 Å². The molecule has 0 N–H and O–H groups in total. The Kier molecular flexibility index (Phi) is 3.69. The second-order valence-corrected chi connectivity index (χ2v) is 3.39. The Morgan fingerprint density at radius 3 is 2.86 bits per heavy atom. The third-order valence-electron chi connectivity index (χ3n) is 2.02. The summed E-state index contributed by atoms with van der Waals surface area (Å²) in [6, 6.07) is 6.01. The van der Waals surface area contributed by atoms with E-state index < -0.39 is 0 Å². The SMILES string of the molecule is Cc1ccc(C)c(CC(=O)N=C=S)c1. The van der Waals surface area contributed by atoms with Crippen molar-refractivity contribution in [2.45, 2.75) is 20.3 Å². The maximum atomic E-state index is 11.2. The molecule has 3 heteroatoms. The summed E-state index contributed by atoms with van der Waals surface area (Å²) >= 11 is 4.37. The smallest absolute Gasteiger partial charge is 0.258 e. The van der Waals surface area contributed by atoms with Crippen LogP contribution in [-0.2, 0) is 11.2 Å². The maximum Gasteiger partial charge on any atom is 0.258 e. The van der Waals surface area contributed by atoms with Crippen LogP contribution < -0.4 is 0 Å². The Balaban J connectivity index is 2.90. The third kappa shape index (κ3) is 2.87. The van der Waals surface area contributed by atoms with Crippen LogP contribution in [0.1, 0.15) is 16.7 Å². The monoisotopic (exact) mass is 205 g/mol. The van der Waals surface area contributed by atoms with Crippen LogP contribution in [0.2, 0.25) is 0 Å². The van der Waals surface area contributed by atoms with Crippen LogP contribution in [0.4, 0.5) is 0 Å². The number of aryl methyl sites for hydroxylation is 2. The molecule has 1 rings (SSSR count). The number of carbonyl (C=O) groups excluding carboxylic acids is 1. The highest BCUT2D eigenvalue weighted by Crippen LogP contribution is 2.11. The third-order valence-corrected chi connectivity index (χ3v) is 2.11. The van der Waals surface area contributed by atoms with Crippen molar-refractivity contribution in [3.63, 3.8) is 0 Å². The number of carbonyl (C=O) groups is 1. The quantitative estimate of drug-likeness (QED) is 0.548. The van der Waals surface area contributed by atoms with Crippen LogP contribution in [-0.4, -0.2) is 11.1 Å². The fraction of sp³-hybridized carbons (Fsp3) is 0.273. The van der Waals surface area contributed by atoms with Crippen LogP contribution in [0, 0.1) is 13.8 Å². The normalized spacial score (nSPS) is 9.29. The highest BCUT2D eigenvalue weighted by atomic mass is 32.1. The van der Waals surface area contributed by atoms with Gasteiger partial charge >= 0.3 is 0 Å². The van der Waals surface area contributed by atoms with Crippen LogP contribution in [0.15, 0.2) is 23.2 Å². The largest absolute Gasteiger partial charge is 0.271 e. The van der Waals surface area contributed by atoms with Crippen molar-refractivity contribution in [3.8, 4) is 0 Å². The maximum absolute atomic E-state index is 11.2. The average molecular weight is 205 g/mol. The molecule has 0 fully saturated rings. The van der Waals surface area contributed by atoms with Crippen molar-refractivity contribution in [2.75, 3.05) is 0 Å². The molecule has 72 valence electrons. The fourth-order valence-electron chi connectivity index (χ4n) is 1.24. The number of nitrogens with zero attached hydrogens (tertiary/aromatic N) is 1. The zero-order valence-corrected chi connectivity index (χ0v) is 9.02. The molecule has 0 heterocycles. The minimum absolute atomic E-state index is 0.242. The number of aliphatic imine (C=N–C) groups is 1. The summed E-state index contributed by atoms with van der Waals surface area (Å²) in [6.45, 7) is 3.97. The molecule has 0 saturated carbocycles. The first-order chi connectivity index (χ1) is 6.63. The summed E-state index contributed by atoms with van der Waals surface area (Å²) in [5, 5.41) is 2.08. The van der Waals surface area contributed by atoms with E-state index >= 15 is 0 Å². The Morgan fingerprint density at radius 2 is 2.21 bits per heavy atom. The van der Waals surface area contributed by atoms with Gasteiger partial charge in [-0.15, -0.1) is 0 Å². The minimum Gasteiger partial charge on any atom is -0.271 e. The van der Waals surface area contributed by atoms with Gasteiger partial charge in [-0.3, -0.25) is 4.79 Å². The van der Waals surface area contributed by atoms with Crippen LogP contribution in [0.25, 0.3) is 0 Å². The standard InChI is InChI=1S/C11H11NOS/c1-8-3-4-9(2)10(5-8)6-11(13)12-7-14/h3-5H,6H2,1-2H3. The predicted molar refractivity (Wildman–Crippen MR) is 59.7 cm³/mol. The van der Waals surface area contributed by atoms with E-state index in [1.807, 2.05) is 32.0 Å². The Labute approximate surface area is 88.7 Å². The lowest BCUT2D eigenvalue weighted by molar-refractivity contribution is -0.117. The zero-order valence-electron chi connectivity index (χ0n) is 8.20. The van der Waals surface area contributed by atoms with E-state index in [0.717, 1.165) is 16.7 Å². The Hall–Kier alpha value is -1.31. The number of benzene rings is 1. The van der Waals surface area contributed by atoms with E-state index in [1.165, 1.54) is 0 Å². The fourth-order valence-corrected chi connectivity index (χ4v) is 1.35. The number of amides is 1. The molecule has 0 radical (unpaired) electrons. The lowest BCUT2D eigenvalue weighted by atomic mass is 10.0. The zero-order chi connectivity index (χ0) is 10.6. The molecule has 0 aliphatic carbocycles. The molecular weight excluding hydrogens is 194 g/mol. The van der Waals surface area contributed by atoms with Gasteiger partial charge in [-0.25, -0.2) is 0 Å². The number of hydrogen-bond donors (Lipinski definition) is 0. The summed E-state index contributed by atoms with van der Waals surface area (Å²) < 4.78 is 0. The Bertz CT molecular complexity index is 406. The lowest BCUT2D eigenvalue weighted by Gasteiger charge is -2.03. The van der Waals surface area contributed by atoms with Crippen molar-refractivity contribution in [3.05, 3.63) is 34.9 Å². The molecular formula is C11H11NOS. The van der Waals surface area contributed by atoms with E-state index in [9.17, 15) is 4.79 Å². The van der Waals surface area contributed by atoms with Crippen molar-refractivity contribution >= 4 is 23.3 Å². The van der Waals surface area contributed by atoms with E-state index in [-0.39, 0.29) is 5.91 Å². The van der Waals surface area contributed by atoms with Gasteiger partial charge in [-0.2, -0.15) is 4.99 Å². The molecule has 0 saturated heterocycles. The molecule has 0 bridgehead atoms. The molecule has 0 atom stereocenters. The molecule has 14 heavy (non-hydrogen) atoms. The van der Waals surface area contributed by atoms with Gasteiger partial charge in [0.15, 0.2) is 0 Å². The van der Waals surface area contributed by atoms with Gasteiger partial charge < -0.3 is 0 Å². The van der Waals surface area contributed by atoms with E-state index in [4.69, 9.17) is 0 Å². The second-order valence-electron chi connectivity index (χ2n) is 3.20. The molecule has 0 spiro atoms. The van der Waals surface area contributed by atoms with Gasteiger partial charge in [0.05, 0.1) is 11.6 Å². The number of thiocarbonyl (C=S) groups is 1. The van der Waals surface area contributed by atoms with Crippen molar-refractivity contribution in [1.29, 1.82) is 0 Å². The summed E-state index contributed by atoms with van der Waals surface area (Å²) in [5.41, 5.74) is 3.25. The average Bonchev–Trinajstić information content (AvgIpc) is 2.12. The molecule has 0 aliphatic heterocycles. The highest BCUT2D eigenvalue weighted by molar-refractivity contribution is 7.78. The summed E-state index contributed by atoms with van der Waals surface area (Å²) in [5.74, 6) is -0.242. The summed E-state index contributed by atoms with van der Waals surface area (Å²) in [6.07, 6.45) is 0.303. The van der Waals surface area contributed by atoms with Crippen LogP contribution in [0.3, 0.4) is 0 Å². The van der Waals surface area contributed by atoms with Crippen LogP contribution >= 0.6 is 12.2 Å². The van der Waals surface area contributed by atoms with Gasteiger partial charge in [-0.05, 0) is 37.2 Å². The minimum atomic E-state index is -0.242. The molecule has 1 aromatic rings.